The lowest BCUT2D eigenvalue weighted by molar-refractivity contribution is 0.588. The molecule has 0 amide bonds. The number of nitrogens with zero attached hydrogens (tertiary/aromatic N) is 1. The van der Waals surface area contributed by atoms with E-state index < -0.39 is 0 Å². The molecule has 0 aliphatic rings. The van der Waals surface area contributed by atoms with Gasteiger partial charge in [-0.2, -0.15) is 0 Å². The highest BCUT2D eigenvalue weighted by atomic mass is 14.7. The van der Waals surface area contributed by atoms with E-state index in [1.165, 1.54) is 5.56 Å². The van der Waals surface area contributed by atoms with E-state index in [9.17, 15) is 0 Å². The van der Waals surface area contributed by atoms with Gasteiger partial charge in [0.15, 0.2) is 0 Å². The van der Waals surface area contributed by atoms with E-state index >= 15 is 0 Å². The second-order valence-corrected chi connectivity index (χ2v) is 3.99. The lowest BCUT2D eigenvalue weighted by Gasteiger charge is -2.18. The lowest BCUT2D eigenvalue weighted by atomic mass is 9.87. The first kappa shape index (κ1) is 9.20. The fourth-order valence-electron chi connectivity index (χ4n) is 1.06. The van der Waals surface area contributed by atoms with Crippen molar-refractivity contribution in [1.82, 2.24) is 4.98 Å². The molecule has 0 atom stereocenters. The minimum absolute atomic E-state index is 0.187. The van der Waals surface area contributed by atoms with Crippen molar-refractivity contribution in [2.45, 2.75) is 32.7 Å². The minimum atomic E-state index is 0.187. The molecule has 0 saturated carbocycles. The maximum atomic E-state index is 5.50. The normalized spacial score (nSPS) is 11.7. The maximum Gasteiger partial charge on any atom is 0.0542 e. The van der Waals surface area contributed by atoms with Crippen molar-refractivity contribution < 1.29 is 0 Å². The summed E-state index contributed by atoms with van der Waals surface area (Å²) in [6, 6.07) is 4.11. The van der Waals surface area contributed by atoms with Crippen LogP contribution in [0.15, 0.2) is 18.3 Å². The van der Waals surface area contributed by atoms with Crippen LogP contribution >= 0.6 is 0 Å². The topological polar surface area (TPSA) is 38.9 Å². The molecule has 0 fully saturated rings. The van der Waals surface area contributed by atoms with E-state index in [-0.39, 0.29) is 5.41 Å². The third-order valence-corrected chi connectivity index (χ3v) is 1.89. The Labute approximate surface area is 73.8 Å². The maximum absolute atomic E-state index is 5.50. The first-order chi connectivity index (χ1) is 5.54. The van der Waals surface area contributed by atoms with Gasteiger partial charge in [-0.25, -0.2) is 0 Å². The van der Waals surface area contributed by atoms with Gasteiger partial charge in [0.1, 0.15) is 0 Å². The van der Waals surface area contributed by atoms with E-state index in [4.69, 9.17) is 5.73 Å². The summed E-state index contributed by atoms with van der Waals surface area (Å²) in [5, 5.41) is 0. The molecular formula is C10H16N2. The van der Waals surface area contributed by atoms with Gasteiger partial charge in [0, 0.05) is 12.7 Å². The van der Waals surface area contributed by atoms with E-state index in [1.807, 2.05) is 12.3 Å². The van der Waals surface area contributed by atoms with Crippen LogP contribution in [0.2, 0.25) is 0 Å². The van der Waals surface area contributed by atoms with Gasteiger partial charge in [0.2, 0.25) is 0 Å². The van der Waals surface area contributed by atoms with Crippen LogP contribution in [0.4, 0.5) is 0 Å². The molecular weight excluding hydrogens is 148 g/mol. The van der Waals surface area contributed by atoms with E-state index in [0.717, 1.165) is 5.69 Å². The highest BCUT2D eigenvalue weighted by molar-refractivity contribution is 5.23. The van der Waals surface area contributed by atoms with Crippen LogP contribution in [0.5, 0.6) is 0 Å². The Balaban J connectivity index is 3.02. The van der Waals surface area contributed by atoms with Crippen LogP contribution in [0.3, 0.4) is 0 Å². The van der Waals surface area contributed by atoms with Crippen LogP contribution in [-0.2, 0) is 12.0 Å². The molecule has 0 aromatic carbocycles. The first-order valence-corrected chi connectivity index (χ1v) is 4.19. The molecule has 2 nitrogen and oxygen atoms in total. The zero-order valence-corrected chi connectivity index (χ0v) is 7.96. The predicted octanol–water partition coefficient (Wildman–Crippen LogP) is 1.84. The SMILES string of the molecule is CC(C)(C)c1ccnc(CN)c1. The van der Waals surface area contributed by atoms with Gasteiger partial charge in [-0.05, 0) is 23.1 Å². The van der Waals surface area contributed by atoms with Crippen molar-refractivity contribution in [2.24, 2.45) is 5.73 Å². The Bertz CT molecular complexity index is 261. The Hall–Kier alpha value is -0.890. The molecule has 2 N–H and O–H groups in total. The second-order valence-electron chi connectivity index (χ2n) is 3.99. The van der Waals surface area contributed by atoms with Gasteiger partial charge >= 0.3 is 0 Å². The molecule has 0 bridgehead atoms. The lowest BCUT2D eigenvalue weighted by Crippen LogP contribution is -2.12. The van der Waals surface area contributed by atoms with Crippen molar-refractivity contribution >= 4 is 0 Å². The number of nitrogens with two attached hydrogens (primary N) is 1. The summed E-state index contributed by atoms with van der Waals surface area (Å²) in [7, 11) is 0. The van der Waals surface area contributed by atoms with Crippen LogP contribution < -0.4 is 5.73 Å². The first-order valence-electron chi connectivity index (χ1n) is 4.19. The van der Waals surface area contributed by atoms with Crippen molar-refractivity contribution in [2.75, 3.05) is 0 Å². The molecule has 0 radical (unpaired) electrons. The number of rotatable bonds is 1. The largest absolute Gasteiger partial charge is 0.325 e. The summed E-state index contributed by atoms with van der Waals surface area (Å²) in [5.41, 5.74) is 7.94. The van der Waals surface area contributed by atoms with E-state index in [1.54, 1.807) is 0 Å². The summed E-state index contributed by atoms with van der Waals surface area (Å²) in [6.07, 6.45) is 1.82. The van der Waals surface area contributed by atoms with Crippen LogP contribution in [0, 0.1) is 0 Å². The molecule has 66 valence electrons. The van der Waals surface area contributed by atoms with Gasteiger partial charge in [0.05, 0.1) is 5.69 Å². The van der Waals surface area contributed by atoms with Gasteiger partial charge in [-0.3, -0.25) is 4.98 Å². The Morgan fingerprint density at radius 1 is 1.42 bits per heavy atom. The molecule has 0 aliphatic heterocycles. The van der Waals surface area contributed by atoms with Crippen molar-refractivity contribution in [3.05, 3.63) is 29.6 Å². The molecule has 1 heterocycles. The predicted molar refractivity (Wildman–Crippen MR) is 50.8 cm³/mol. The summed E-state index contributed by atoms with van der Waals surface area (Å²) in [6.45, 7) is 7.07. The number of aromatic nitrogens is 1. The average Bonchev–Trinajstić information content (AvgIpc) is 2.03. The van der Waals surface area contributed by atoms with Crippen molar-refractivity contribution in [3.8, 4) is 0 Å². The number of pyridine rings is 1. The Kier molecular flexibility index (Phi) is 2.48. The smallest absolute Gasteiger partial charge is 0.0542 e. The van der Waals surface area contributed by atoms with Crippen molar-refractivity contribution in [3.63, 3.8) is 0 Å². The zero-order valence-electron chi connectivity index (χ0n) is 7.96. The third kappa shape index (κ3) is 2.05. The van der Waals surface area contributed by atoms with Crippen LogP contribution in [-0.4, -0.2) is 4.98 Å². The van der Waals surface area contributed by atoms with Crippen LogP contribution in [0.1, 0.15) is 32.0 Å². The number of hydrogen-bond acceptors (Lipinski definition) is 2. The van der Waals surface area contributed by atoms with Gasteiger partial charge < -0.3 is 5.73 Å². The van der Waals surface area contributed by atoms with Crippen LogP contribution in [0.25, 0.3) is 0 Å². The van der Waals surface area contributed by atoms with Gasteiger partial charge in [-0.1, -0.05) is 20.8 Å². The molecule has 0 unspecified atom stereocenters. The average molecular weight is 164 g/mol. The van der Waals surface area contributed by atoms with Gasteiger partial charge in [0.25, 0.3) is 0 Å². The molecule has 0 saturated heterocycles. The minimum Gasteiger partial charge on any atom is -0.325 e. The molecule has 0 spiro atoms. The van der Waals surface area contributed by atoms with E-state index in [0.29, 0.717) is 6.54 Å². The second kappa shape index (κ2) is 3.23. The summed E-state index contributed by atoms with van der Waals surface area (Å²) >= 11 is 0. The highest BCUT2D eigenvalue weighted by Crippen LogP contribution is 2.21. The number of hydrogen-bond donors (Lipinski definition) is 1. The fourth-order valence-corrected chi connectivity index (χ4v) is 1.06. The summed E-state index contributed by atoms with van der Waals surface area (Å²) < 4.78 is 0. The Morgan fingerprint density at radius 3 is 2.58 bits per heavy atom. The van der Waals surface area contributed by atoms with Gasteiger partial charge in [-0.15, -0.1) is 0 Å². The van der Waals surface area contributed by atoms with E-state index in [2.05, 4.69) is 31.8 Å². The molecule has 0 aliphatic carbocycles. The standard InChI is InChI=1S/C10H16N2/c1-10(2,3)8-4-5-12-9(6-8)7-11/h4-6H,7,11H2,1-3H3. The molecule has 1 rings (SSSR count). The summed E-state index contributed by atoms with van der Waals surface area (Å²) in [4.78, 5) is 4.15. The fraction of sp³-hybridized carbons (Fsp3) is 0.500. The summed E-state index contributed by atoms with van der Waals surface area (Å²) in [5.74, 6) is 0. The molecule has 1 aromatic rings. The Morgan fingerprint density at radius 2 is 2.08 bits per heavy atom. The quantitative estimate of drug-likeness (QED) is 0.687. The molecule has 12 heavy (non-hydrogen) atoms. The van der Waals surface area contributed by atoms with Crippen molar-refractivity contribution in [1.29, 1.82) is 0 Å². The zero-order chi connectivity index (χ0) is 9.19. The monoisotopic (exact) mass is 164 g/mol. The molecule has 2 heteroatoms. The third-order valence-electron chi connectivity index (χ3n) is 1.89. The molecule has 1 aromatic heterocycles. The highest BCUT2D eigenvalue weighted by Gasteiger charge is 2.13.